The Morgan fingerprint density at radius 2 is 1.66 bits per heavy atom. The molecule has 0 unspecified atom stereocenters. The number of thiocarbonyl (C=S) groups is 1. The Kier molecular flexibility index (Phi) is 7.79. The van der Waals surface area contributed by atoms with Gasteiger partial charge in [0, 0.05) is 17.7 Å². The number of ether oxygens (including phenoxy) is 2. The largest absolute Gasteiger partial charge is 0.488 e. The smallest absolute Gasteiger partial charge is 0.270 e. The van der Waals surface area contributed by atoms with Gasteiger partial charge in [0.05, 0.1) is 10.6 Å². The van der Waals surface area contributed by atoms with Crippen LogP contribution in [0.4, 0.5) is 15.8 Å². The number of carbonyl (C=O) groups excluding carboxylic acids is 2. The van der Waals surface area contributed by atoms with Gasteiger partial charge in [-0.2, -0.15) is 0 Å². The minimum absolute atomic E-state index is 0.0561. The van der Waals surface area contributed by atoms with E-state index in [1.165, 1.54) is 42.5 Å². The number of hydrogen-bond acceptors (Lipinski definition) is 7. The molecule has 1 N–H and O–H groups in total. The van der Waals surface area contributed by atoms with Crippen molar-refractivity contribution in [3.05, 3.63) is 130 Å². The highest BCUT2D eigenvalue weighted by Gasteiger charge is 2.35. The van der Waals surface area contributed by atoms with Crippen LogP contribution in [-0.4, -0.2) is 21.9 Å². The molecule has 0 bridgehead atoms. The molecular weight excluding hydrogens is 549 g/mol. The summed E-state index contributed by atoms with van der Waals surface area (Å²) in [7, 11) is 0. The zero-order valence-electron chi connectivity index (χ0n) is 21.2. The van der Waals surface area contributed by atoms with Crippen molar-refractivity contribution in [1.29, 1.82) is 0 Å². The number of rotatable bonds is 8. The number of nitro groups is 1. The number of nitrogens with zero attached hydrogens (tertiary/aromatic N) is 2. The number of non-ortho nitro benzene ring substituents is 1. The number of benzene rings is 4. The van der Waals surface area contributed by atoms with E-state index >= 15 is 0 Å². The average molecular weight is 570 g/mol. The number of amides is 2. The van der Waals surface area contributed by atoms with Gasteiger partial charge in [0.25, 0.3) is 17.5 Å². The fraction of sp³-hybridized carbons (Fsp3) is 0.0333. The molecule has 0 spiro atoms. The van der Waals surface area contributed by atoms with Gasteiger partial charge < -0.3 is 9.47 Å². The third-order valence-electron chi connectivity index (χ3n) is 5.96. The van der Waals surface area contributed by atoms with Crippen LogP contribution in [-0.2, 0) is 16.2 Å². The van der Waals surface area contributed by atoms with Crippen molar-refractivity contribution in [2.45, 2.75) is 6.61 Å². The van der Waals surface area contributed by atoms with Crippen molar-refractivity contribution in [3.63, 3.8) is 0 Å². The highest BCUT2D eigenvalue weighted by molar-refractivity contribution is 7.80. The maximum Gasteiger partial charge on any atom is 0.270 e. The molecule has 1 heterocycles. The second kappa shape index (κ2) is 11.8. The van der Waals surface area contributed by atoms with E-state index in [1.807, 2.05) is 18.2 Å². The van der Waals surface area contributed by atoms with E-state index in [0.29, 0.717) is 22.7 Å². The Labute approximate surface area is 238 Å². The Hall–Kier alpha value is -5.42. The van der Waals surface area contributed by atoms with E-state index in [0.717, 1.165) is 4.90 Å². The lowest BCUT2D eigenvalue weighted by molar-refractivity contribution is -0.384. The number of carbonyl (C=O) groups is 2. The topological polar surface area (TPSA) is 111 Å². The summed E-state index contributed by atoms with van der Waals surface area (Å²) in [4.78, 5) is 38.4. The van der Waals surface area contributed by atoms with Crippen LogP contribution in [0.5, 0.6) is 17.2 Å². The first-order valence-corrected chi connectivity index (χ1v) is 12.6. The van der Waals surface area contributed by atoms with Crippen molar-refractivity contribution < 1.29 is 28.4 Å². The molecule has 1 aliphatic heterocycles. The van der Waals surface area contributed by atoms with Crippen LogP contribution in [0, 0.1) is 15.9 Å². The van der Waals surface area contributed by atoms with E-state index in [-0.39, 0.29) is 34.3 Å². The van der Waals surface area contributed by atoms with Crippen LogP contribution in [0.25, 0.3) is 6.08 Å². The molecule has 0 aromatic heterocycles. The molecule has 0 saturated carbocycles. The molecule has 1 aliphatic rings. The van der Waals surface area contributed by atoms with Crippen LogP contribution in [0.15, 0.2) is 103 Å². The molecule has 204 valence electrons. The highest BCUT2D eigenvalue weighted by atomic mass is 32.1. The SMILES string of the molecule is O=C1NC(=S)N(c2ccc(Oc3ccccc3)cc2)C(=O)C1=Cc1cc([N+](=O)[O-])ccc1OCc1cccc(F)c1. The molecule has 2 amide bonds. The van der Waals surface area contributed by atoms with E-state index < -0.39 is 22.6 Å². The second-order valence-electron chi connectivity index (χ2n) is 8.76. The molecule has 1 saturated heterocycles. The first-order valence-electron chi connectivity index (χ1n) is 12.2. The van der Waals surface area contributed by atoms with E-state index in [9.17, 15) is 24.1 Å². The highest BCUT2D eigenvalue weighted by Crippen LogP contribution is 2.30. The van der Waals surface area contributed by atoms with Crippen LogP contribution in [0.2, 0.25) is 0 Å². The van der Waals surface area contributed by atoms with Gasteiger partial charge in [-0.05, 0) is 78.5 Å². The summed E-state index contributed by atoms with van der Waals surface area (Å²) >= 11 is 5.28. The van der Waals surface area contributed by atoms with E-state index in [1.54, 1.807) is 42.5 Å². The molecule has 0 atom stereocenters. The first-order chi connectivity index (χ1) is 19.8. The van der Waals surface area contributed by atoms with E-state index in [2.05, 4.69) is 5.32 Å². The lowest BCUT2D eigenvalue weighted by Gasteiger charge is -2.29. The Morgan fingerprint density at radius 1 is 0.927 bits per heavy atom. The fourth-order valence-electron chi connectivity index (χ4n) is 4.02. The molecule has 4 aromatic carbocycles. The van der Waals surface area contributed by atoms with Gasteiger partial charge in [-0.3, -0.25) is 29.9 Å². The van der Waals surface area contributed by atoms with Crippen molar-refractivity contribution >= 4 is 46.6 Å². The lowest BCUT2D eigenvalue weighted by Crippen LogP contribution is -2.54. The third-order valence-corrected chi connectivity index (χ3v) is 6.25. The Bertz CT molecular complexity index is 1690. The third kappa shape index (κ3) is 6.26. The fourth-order valence-corrected chi connectivity index (χ4v) is 4.30. The van der Waals surface area contributed by atoms with Gasteiger partial charge >= 0.3 is 0 Å². The maximum absolute atomic E-state index is 13.6. The number of nitro benzene ring substituents is 1. The van der Waals surface area contributed by atoms with Gasteiger partial charge in [0.15, 0.2) is 5.11 Å². The molecule has 41 heavy (non-hydrogen) atoms. The normalized spacial score (nSPS) is 14.1. The molecule has 9 nitrogen and oxygen atoms in total. The zero-order valence-corrected chi connectivity index (χ0v) is 22.0. The summed E-state index contributed by atoms with van der Waals surface area (Å²) in [5.41, 5.74) is 0.394. The van der Waals surface area contributed by atoms with E-state index in [4.69, 9.17) is 21.7 Å². The van der Waals surface area contributed by atoms with Crippen LogP contribution in [0.1, 0.15) is 11.1 Å². The van der Waals surface area contributed by atoms with Crippen LogP contribution < -0.4 is 19.7 Å². The van der Waals surface area contributed by atoms with Crippen molar-refractivity contribution in [2.75, 3.05) is 4.90 Å². The predicted molar refractivity (Wildman–Crippen MR) is 153 cm³/mol. The Balaban J connectivity index is 1.44. The summed E-state index contributed by atoms with van der Waals surface area (Å²) in [5, 5.41) is 13.8. The molecule has 0 aliphatic carbocycles. The van der Waals surface area contributed by atoms with Gasteiger partial charge in [0.1, 0.15) is 35.2 Å². The van der Waals surface area contributed by atoms with Gasteiger partial charge in [-0.25, -0.2) is 4.39 Å². The number of para-hydroxylation sites is 1. The van der Waals surface area contributed by atoms with Crippen LogP contribution in [0.3, 0.4) is 0 Å². The van der Waals surface area contributed by atoms with Crippen molar-refractivity contribution in [2.24, 2.45) is 0 Å². The summed E-state index contributed by atoms with van der Waals surface area (Å²) in [6.45, 7) is -0.0561. The number of halogens is 1. The van der Waals surface area contributed by atoms with Gasteiger partial charge in [-0.1, -0.05) is 30.3 Å². The first kappa shape index (κ1) is 27.2. The quantitative estimate of drug-likeness (QED) is 0.0920. The number of hydrogen-bond donors (Lipinski definition) is 1. The monoisotopic (exact) mass is 569 g/mol. The zero-order chi connectivity index (χ0) is 28.9. The molecule has 5 rings (SSSR count). The minimum Gasteiger partial charge on any atom is -0.488 e. The molecule has 1 fully saturated rings. The molecule has 11 heteroatoms. The lowest BCUT2D eigenvalue weighted by atomic mass is 10.1. The molecule has 0 radical (unpaired) electrons. The van der Waals surface area contributed by atoms with Gasteiger partial charge in [0.2, 0.25) is 0 Å². The minimum atomic E-state index is -0.775. The van der Waals surface area contributed by atoms with Crippen LogP contribution >= 0.6 is 12.2 Å². The standard InChI is InChI=1S/C30H20FN3O6S/c31-21-6-4-5-19(15-21)18-39-27-14-11-23(34(37)38)16-20(27)17-26-28(35)32-30(41)33(29(26)36)22-9-12-25(13-10-22)40-24-7-2-1-3-8-24/h1-17H,18H2,(H,32,35,41). The maximum atomic E-state index is 13.6. The summed E-state index contributed by atoms with van der Waals surface area (Å²) in [6.07, 6.45) is 1.20. The average Bonchev–Trinajstić information content (AvgIpc) is 2.96. The summed E-state index contributed by atoms with van der Waals surface area (Å²) in [6, 6.07) is 25.2. The van der Waals surface area contributed by atoms with Gasteiger partial charge in [-0.15, -0.1) is 0 Å². The summed E-state index contributed by atoms with van der Waals surface area (Å²) < 4.78 is 25.2. The summed E-state index contributed by atoms with van der Waals surface area (Å²) in [5.74, 6) is -0.658. The number of anilines is 1. The predicted octanol–water partition coefficient (Wildman–Crippen LogP) is 5.94. The van der Waals surface area contributed by atoms with Crippen molar-refractivity contribution in [3.8, 4) is 17.2 Å². The Morgan fingerprint density at radius 3 is 2.37 bits per heavy atom. The number of nitrogens with one attached hydrogen (secondary N) is 1. The molecule has 4 aromatic rings. The molecular formula is C30H20FN3O6S. The van der Waals surface area contributed by atoms with Crippen molar-refractivity contribution in [1.82, 2.24) is 5.32 Å². The second-order valence-corrected chi connectivity index (χ2v) is 9.15.